The normalized spacial score (nSPS) is 11.6. The van der Waals surface area contributed by atoms with Gasteiger partial charge in [-0.25, -0.2) is 17.5 Å². The zero-order valence-electron chi connectivity index (χ0n) is 13.2. The summed E-state index contributed by atoms with van der Waals surface area (Å²) < 4.78 is 30.7. The van der Waals surface area contributed by atoms with Crippen LogP contribution in [0, 0.1) is 0 Å². The first kappa shape index (κ1) is 19.9. The highest BCUT2D eigenvalue weighted by molar-refractivity contribution is 7.89. The van der Waals surface area contributed by atoms with Gasteiger partial charge in [0, 0.05) is 14.1 Å². The molecule has 1 heterocycles. The van der Waals surface area contributed by atoms with Crippen molar-refractivity contribution in [3.63, 3.8) is 0 Å². The van der Waals surface area contributed by atoms with Crippen molar-refractivity contribution < 1.29 is 22.7 Å². The molecule has 0 fully saturated rings. The molecular weight excluding hydrogens is 409 g/mol. The lowest BCUT2D eigenvalue weighted by Crippen LogP contribution is -2.22. The van der Waals surface area contributed by atoms with E-state index in [9.17, 15) is 18.0 Å². The van der Waals surface area contributed by atoms with Gasteiger partial charge in [-0.3, -0.25) is 4.79 Å². The predicted molar refractivity (Wildman–Crippen MR) is 96.3 cm³/mol. The van der Waals surface area contributed by atoms with Crippen molar-refractivity contribution in [2.24, 2.45) is 0 Å². The van der Waals surface area contributed by atoms with Crippen LogP contribution in [0.15, 0.2) is 35.2 Å². The van der Waals surface area contributed by atoms with Crippen LogP contribution in [0.5, 0.6) is 0 Å². The van der Waals surface area contributed by atoms with E-state index in [1.54, 1.807) is 6.07 Å². The summed E-state index contributed by atoms with van der Waals surface area (Å²) in [6.07, 6.45) is 0. The van der Waals surface area contributed by atoms with E-state index in [-0.39, 0.29) is 15.5 Å². The topological polar surface area (TPSA) is 80.8 Å². The molecule has 0 saturated carbocycles. The third kappa shape index (κ3) is 4.59. The number of sulfonamides is 1. The van der Waals surface area contributed by atoms with Gasteiger partial charge >= 0.3 is 5.97 Å². The molecule has 0 bridgehead atoms. The van der Waals surface area contributed by atoms with Crippen molar-refractivity contribution in [3.05, 3.63) is 50.1 Å². The maximum atomic E-state index is 12.2. The Kier molecular flexibility index (Phi) is 6.23. The van der Waals surface area contributed by atoms with Crippen molar-refractivity contribution in [2.75, 3.05) is 20.7 Å². The van der Waals surface area contributed by atoms with Gasteiger partial charge in [0.05, 0.1) is 24.7 Å². The van der Waals surface area contributed by atoms with Crippen LogP contribution in [0.25, 0.3) is 0 Å². The Balaban J connectivity index is 2.17. The molecule has 0 aliphatic heterocycles. The van der Waals surface area contributed by atoms with E-state index in [1.165, 1.54) is 32.3 Å². The predicted octanol–water partition coefficient (Wildman–Crippen LogP) is 3.34. The number of carbonyl (C=O) groups excluding carboxylic acids is 2. The molecule has 134 valence electrons. The van der Waals surface area contributed by atoms with Crippen LogP contribution >= 0.6 is 34.5 Å². The Morgan fingerprint density at radius 3 is 2.40 bits per heavy atom. The lowest BCUT2D eigenvalue weighted by molar-refractivity contribution is 0.0475. The fourth-order valence-corrected chi connectivity index (χ4v) is 3.87. The minimum Gasteiger partial charge on any atom is -0.454 e. The maximum Gasteiger partial charge on any atom is 0.340 e. The van der Waals surface area contributed by atoms with Crippen molar-refractivity contribution in [1.29, 1.82) is 0 Å². The van der Waals surface area contributed by atoms with Crippen LogP contribution in [0.2, 0.25) is 9.36 Å². The molecule has 0 aliphatic carbocycles. The Morgan fingerprint density at radius 1 is 1.16 bits per heavy atom. The van der Waals surface area contributed by atoms with Gasteiger partial charge in [-0.2, -0.15) is 0 Å². The third-order valence-electron chi connectivity index (χ3n) is 3.12. The van der Waals surface area contributed by atoms with Crippen LogP contribution in [-0.4, -0.2) is 45.2 Å². The minimum atomic E-state index is -3.73. The van der Waals surface area contributed by atoms with Gasteiger partial charge in [0.25, 0.3) is 0 Å². The number of hydrogen-bond acceptors (Lipinski definition) is 6. The second-order valence-electron chi connectivity index (χ2n) is 5.03. The molecule has 0 radical (unpaired) electrons. The standard InChI is InChI=1S/C15H13Cl2NO5S2/c1-18(2)25(21,22)9-3-4-11(16)10(7-9)15(20)23-8-12(19)13-5-6-14(17)24-13/h3-7H,8H2,1-2H3. The minimum absolute atomic E-state index is 0.0225. The second kappa shape index (κ2) is 7.84. The summed E-state index contributed by atoms with van der Waals surface area (Å²) in [4.78, 5) is 24.3. The van der Waals surface area contributed by atoms with Crippen molar-refractivity contribution in [3.8, 4) is 0 Å². The number of halogens is 2. The number of nitrogens with zero attached hydrogens (tertiary/aromatic N) is 1. The summed E-state index contributed by atoms with van der Waals surface area (Å²) in [5, 5.41) is 0.0225. The van der Waals surface area contributed by atoms with Gasteiger partial charge in [0.1, 0.15) is 0 Å². The number of ether oxygens (including phenoxy) is 1. The van der Waals surface area contributed by atoms with Gasteiger partial charge in [0.2, 0.25) is 15.8 Å². The lowest BCUT2D eigenvalue weighted by Gasteiger charge is -2.13. The Bertz CT molecular complexity index is 922. The number of Topliss-reactive ketones (excluding diaryl/α,β-unsaturated/α-hetero) is 1. The van der Waals surface area contributed by atoms with Crippen molar-refractivity contribution in [2.45, 2.75) is 4.90 Å². The van der Waals surface area contributed by atoms with Crippen LogP contribution in [0.3, 0.4) is 0 Å². The van der Waals surface area contributed by atoms with Crippen molar-refractivity contribution in [1.82, 2.24) is 4.31 Å². The van der Waals surface area contributed by atoms with E-state index >= 15 is 0 Å². The zero-order valence-corrected chi connectivity index (χ0v) is 16.3. The first-order valence-corrected chi connectivity index (χ1v) is 9.82. The summed E-state index contributed by atoms with van der Waals surface area (Å²) in [6, 6.07) is 6.78. The number of benzene rings is 1. The molecule has 1 aromatic carbocycles. The van der Waals surface area contributed by atoms with E-state index in [1.807, 2.05) is 0 Å². The fraction of sp³-hybridized carbons (Fsp3) is 0.200. The number of rotatable bonds is 6. The molecule has 10 heteroatoms. The van der Waals surface area contributed by atoms with E-state index in [2.05, 4.69) is 0 Å². The maximum absolute atomic E-state index is 12.2. The smallest absolute Gasteiger partial charge is 0.340 e. The van der Waals surface area contributed by atoms with Gasteiger partial charge in [-0.05, 0) is 30.3 Å². The molecule has 6 nitrogen and oxygen atoms in total. The van der Waals surface area contributed by atoms with E-state index in [4.69, 9.17) is 27.9 Å². The molecule has 0 saturated heterocycles. The first-order chi connectivity index (χ1) is 11.6. The van der Waals surface area contributed by atoms with Gasteiger partial charge < -0.3 is 4.74 Å². The number of ketones is 1. The SMILES string of the molecule is CN(C)S(=O)(=O)c1ccc(Cl)c(C(=O)OCC(=O)c2ccc(Cl)s2)c1. The molecule has 0 unspecified atom stereocenters. The number of carbonyl (C=O) groups is 2. The van der Waals surface area contributed by atoms with E-state index < -0.39 is 28.4 Å². The molecular formula is C15H13Cl2NO5S2. The highest BCUT2D eigenvalue weighted by Crippen LogP contribution is 2.24. The van der Waals surface area contributed by atoms with E-state index in [0.29, 0.717) is 9.21 Å². The lowest BCUT2D eigenvalue weighted by atomic mass is 10.2. The number of thiophene rings is 1. The summed E-state index contributed by atoms with van der Waals surface area (Å²) in [5.74, 6) is -1.31. The zero-order chi connectivity index (χ0) is 18.8. The summed E-state index contributed by atoms with van der Waals surface area (Å²) in [6.45, 7) is -0.503. The van der Waals surface area contributed by atoms with E-state index in [0.717, 1.165) is 21.7 Å². The summed E-state index contributed by atoms with van der Waals surface area (Å²) >= 11 is 12.8. The number of esters is 1. The largest absolute Gasteiger partial charge is 0.454 e. The van der Waals surface area contributed by atoms with Crippen LogP contribution in [0.4, 0.5) is 0 Å². The molecule has 0 atom stereocenters. The van der Waals surface area contributed by atoms with Crippen LogP contribution in [0.1, 0.15) is 20.0 Å². The molecule has 2 rings (SSSR count). The Labute approximate surface area is 159 Å². The molecule has 0 spiro atoms. The van der Waals surface area contributed by atoms with Crippen molar-refractivity contribution >= 4 is 56.3 Å². The van der Waals surface area contributed by atoms with Crippen LogP contribution < -0.4 is 0 Å². The highest BCUT2D eigenvalue weighted by atomic mass is 35.5. The average Bonchev–Trinajstić information content (AvgIpc) is 2.99. The highest BCUT2D eigenvalue weighted by Gasteiger charge is 2.22. The molecule has 1 aromatic heterocycles. The molecule has 25 heavy (non-hydrogen) atoms. The fourth-order valence-electron chi connectivity index (χ4n) is 1.78. The van der Waals surface area contributed by atoms with Gasteiger partial charge in [-0.15, -0.1) is 11.3 Å². The van der Waals surface area contributed by atoms with Gasteiger partial charge in [-0.1, -0.05) is 23.2 Å². The average molecular weight is 422 g/mol. The summed E-state index contributed by atoms with van der Waals surface area (Å²) in [5.41, 5.74) is -0.137. The molecule has 0 aliphatic rings. The summed E-state index contributed by atoms with van der Waals surface area (Å²) in [7, 11) is -0.999. The molecule has 2 aromatic rings. The molecule has 0 amide bonds. The monoisotopic (exact) mass is 421 g/mol. The molecule has 0 N–H and O–H groups in total. The Morgan fingerprint density at radius 2 is 1.84 bits per heavy atom. The number of hydrogen-bond donors (Lipinski definition) is 0. The Hall–Kier alpha value is -1.45. The van der Waals surface area contributed by atoms with Gasteiger partial charge in [0.15, 0.2) is 6.61 Å². The second-order valence-corrected chi connectivity index (χ2v) is 9.31. The quantitative estimate of drug-likeness (QED) is 0.527. The van der Waals surface area contributed by atoms with Crippen LogP contribution in [-0.2, 0) is 14.8 Å². The first-order valence-electron chi connectivity index (χ1n) is 6.80. The third-order valence-corrected chi connectivity index (χ3v) is 6.53.